The molecule has 0 radical (unpaired) electrons. The second-order valence-corrected chi connectivity index (χ2v) is 19.7. The fraction of sp³-hybridized carbons (Fsp3) is 0.0286. The zero-order valence-electron chi connectivity index (χ0n) is 44.1. The summed E-state index contributed by atoms with van der Waals surface area (Å²) in [5, 5.41) is 9.38. The molecule has 0 atom stereocenters. The van der Waals surface area contributed by atoms with Gasteiger partial charge in [0.15, 0.2) is 6.61 Å². The molecule has 6 heterocycles. The highest BCUT2D eigenvalue weighted by Crippen LogP contribution is 2.40. The molecule has 0 spiro atoms. The molecule has 0 saturated carbocycles. The van der Waals surface area contributed by atoms with Gasteiger partial charge in [-0.15, -0.1) is 0 Å². The number of aliphatic imine (C=N–C) groups is 1. The van der Waals surface area contributed by atoms with Crippen molar-refractivity contribution < 1.29 is 14.3 Å². The summed E-state index contributed by atoms with van der Waals surface area (Å²) in [5.41, 5.74) is 18.4. The zero-order chi connectivity index (χ0) is 55.2. The van der Waals surface area contributed by atoms with E-state index in [1.165, 1.54) is 0 Å². The van der Waals surface area contributed by atoms with Gasteiger partial charge in [-0.3, -0.25) is 14.6 Å². The van der Waals surface area contributed by atoms with Crippen molar-refractivity contribution in [2.24, 2.45) is 4.99 Å². The highest BCUT2D eigenvalue weighted by Gasteiger charge is 2.21. The number of aromatic nitrogens is 5. The van der Waals surface area contributed by atoms with E-state index in [2.05, 4.69) is 128 Å². The van der Waals surface area contributed by atoms with Crippen molar-refractivity contribution in [2.45, 2.75) is 6.04 Å². The molecule has 10 aromatic rings. The van der Waals surface area contributed by atoms with Gasteiger partial charge in [0, 0.05) is 84.9 Å². The van der Waals surface area contributed by atoms with Crippen LogP contribution >= 0.6 is 0 Å². The first-order valence-corrected chi connectivity index (χ1v) is 26.9. The Morgan fingerprint density at radius 1 is 0.463 bits per heavy atom. The first-order chi connectivity index (χ1) is 40.4. The van der Waals surface area contributed by atoms with Crippen LogP contribution in [0.25, 0.3) is 90.9 Å². The number of ether oxygens (including phenoxy) is 1. The number of rotatable bonds is 13. The second-order valence-electron chi connectivity index (χ2n) is 19.7. The largest absolute Gasteiger partial charge is 0.483 e. The third-order valence-corrected chi connectivity index (χ3v) is 14.2. The fourth-order valence-corrected chi connectivity index (χ4v) is 10.4. The van der Waals surface area contributed by atoms with Crippen LogP contribution in [0.3, 0.4) is 0 Å². The summed E-state index contributed by atoms with van der Waals surface area (Å²) in [5.74, 6) is -0.00125. The van der Waals surface area contributed by atoms with Gasteiger partial charge in [-0.1, -0.05) is 121 Å². The van der Waals surface area contributed by atoms with E-state index in [4.69, 9.17) is 19.7 Å². The van der Waals surface area contributed by atoms with Crippen molar-refractivity contribution in [1.82, 2.24) is 24.9 Å². The first-order valence-electron chi connectivity index (χ1n) is 26.9. The van der Waals surface area contributed by atoms with Gasteiger partial charge >= 0.3 is 0 Å². The quantitative estimate of drug-likeness (QED) is 0.0768. The van der Waals surface area contributed by atoms with E-state index < -0.39 is 0 Å². The van der Waals surface area contributed by atoms with Crippen LogP contribution < -0.4 is 20.7 Å². The van der Waals surface area contributed by atoms with E-state index >= 15 is 0 Å². The number of fused-ring (bicyclic) bond motifs is 8. The van der Waals surface area contributed by atoms with Gasteiger partial charge in [0.25, 0.3) is 11.8 Å². The third-order valence-electron chi connectivity index (χ3n) is 14.2. The number of nitrogens with zero attached hydrogens (tertiary/aromatic N) is 4. The molecular weight excluding hydrogens is 1010 g/mol. The molecule has 12 heteroatoms. The molecule has 4 aromatic heterocycles. The van der Waals surface area contributed by atoms with Crippen LogP contribution in [-0.2, 0) is 4.79 Å². The van der Waals surface area contributed by atoms with Gasteiger partial charge in [0.05, 0.1) is 40.2 Å². The minimum Gasteiger partial charge on any atom is -0.483 e. The lowest BCUT2D eigenvalue weighted by molar-refractivity contribution is -0.118. The van der Waals surface area contributed by atoms with Crippen molar-refractivity contribution in [3.05, 3.63) is 265 Å². The molecule has 8 bridgehead atoms. The van der Waals surface area contributed by atoms with E-state index in [0.29, 0.717) is 22.7 Å². The number of aromatic amines is 2. The first kappa shape index (κ1) is 50.3. The molecule has 2 aliphatic heterocycles. The van der Waals surface area contributed by atoms with E-state index in [1.807, 2.05) is 140 Å². The number of hydrogen-bond acceptors (Lipinski definition) is 8. The Labute approximate surface area is 472 Å². The SMILES string of the molecule is O=C(COc1ccccc1-c1c2nc(c(-c3ccccc3)c3ccc([nH]3)c(-c3ccccc3)c3nc(c(-c4ccccc4)c4ccc1[nH]4)C=C3)C=C2)Nc1ccc(N=C2C=CC(Nc3ccc(NC(=O)c4ccncc4)cc3)C=C2)cc1. The van der Waals surface area contributed by atoms with Gasteiger partial charge in [0.1, 0.15) is 5.75 Å². The number of anilines is 3. The molecule has 3 aliphatic rings. The topological polar surface area (TPSA) is 162 Å². The number of allylic oxidation sites excluding steroid dienone is 2. The van der Waals surface area contributed by atoms with E-state index in [0.717, 1.165) is 106 Å². The average molecular weight is 1070 g/mol. The minimum absolute atomic E-state index is 0.0498. The lowest BCUT2D eigenvalue weighted by Crippen LogP contribution is -2.20. The second kappa shape index (κ2) is 22.6. The summed E-state index contributed by atoms with van der Waals surface area (Å²) < 4.78 is 6.47. The summed E-state index contributed by atoms with van der Waals surface area (Å²) in [6, 6.07) is 65.4. The molecule has 0 unspecified atom stereocenters. The molecule has 0 saturated heterocycles. The van der Waals surface area contributed by atoms with Crippen LogP contribution in [0.15, 0.2) is 242 Å². The van der Waals surface area contributed by atoms with Crippen molar-refractivity contribution in [2.75, 3.05) is 22.6 Å². The summed E-state index contributed by atoms with van der Waals surface area (Å²) in [6.07, 6.45) is 19.5. The molecule has 1 aliphatic carbocycles. The number of hydrogen-bond donors (Lipinski definition) is 5. The summed E-state index contributed by atoms with van der Waals surface area (Å²) >= 11 is 0. The number of amides is 2. The van der Waals surface area contributed by atoms with Crippen LogP contribution in [0.1, 0.15) is 33.1 Å². The standard InChI is InChI=1S/C70H51N9O3/c80-65(74-53-28-24-51(25-29-53)72-49-20-22-50(23-21-49)73-52-26-30-54(31-27-52)75-70(81)48-40-42-71-43-41-48)44-82-64-19-11-10-18-55(64)69-62-38-36-60(78-62)67(46-14-6-2-7-15-46)58-34-32-56(76-58)66(45-12-4-1-5-13-45)57-33-35-59(77-57)68(47-16-8-3-9-17-47)61-37-39-63(69)79-61/h1-43,50,73,76,79H,44H2,(H,74,80)(H,75,81). The van der Waals surface area contributed by atoms with E-state index in [1.54, 1.807) is 24.5 Å². The predicted molar refractivity (Wildman–Crippen MR) is 333 cm³/mol. The summed E-state index contributed by atoms with van der Waals surface area (Å²) in [7, 11) is 0. The fourth-order valence-electron chi connectivity index (χ4n) is 10.4. The maximum Gasteiger partial charge on any atom is 0.262 e. The van der Waals surface area contributed by atoms with Crippen LogP contribution in [0.2, 0.25) is 0 Å². The van der Waals surface area contributed by atoms with Crippen LogP contribution in [0.5, 0.6) is 5.75 Å². The van der Waals surface area contributed by atoms with Crippen LogP contribution in [0.4, 0.5) is 22.7 Å². The smallest absolute Gasteiger partial charge is 0.262 e. The highest BCUT2D eigenvalue weighted by molar-refractivity contribution is 6.07. The maximum atomic E-state index is 13.7. The zero-order valence-corrected chi connectivity index (χ0v) is 44.1. The number of carbonyl (C=O) groups is 2. The third kappa shape index (κ3) is 10.8. The molecule has 0 fully saturated rings. The van der Waals surface area contributed by atoms with E-state index in [9.17, 15) is 9.59 Å². The number of carbonyl (C=O) groups excluding carboxylic acids is 2. The Hall–Kier alpha value is -11.2. The molecule has 394 valence electrons. The normalized spacial score (nSPS) is 13.2. The molecule has 82 heavy (non-hydrogen) atoms. The Bertz CT molecular complexity index is 4320. The Morgan fingerprint density at radius 2 is 0.915 bits per heavy atom. The number of nitrogens with one attached hydrogen (secondary N) is 5. The van der Waals surface area contributed by atoms with Crippen LogP contribution in [-0.4, -0.2) is 55.1 Å². The molecule has 6 aromatic carbocycles. The molecular formula is C70H51N9O3. The van der Waals surface area contributed by atoms with Gasteiger partial charge < -0.3 is 30.7 Å². The number of para-hydroxylation sites is 1. The van der Waals surface area contributed by atoms with Gasteiger partial charge in [-0.25, -0.2) is 15.0 Å². The van der Waals surface area contributed by atoms with Crippen LogP contribution in [0, 0.1) is 0 Å². The number of benzene rings is 6. The lowest BCUT2D eigenvalue weighted by atomic mass is 10.0. The molecule has 2 amide bonds. The maximum absolute atomic E-state index is 13.7. The van der Waals surface area contributed by atoms with Gasteiger partial charge in [-0.2, -0.15) is 0 Å². The Kier molecular flexibility index (Phi) is 13.9. The van der Waals surface area contributed by atoms with Gasteiger partial charge in [0.2, 0.25) is 0 Å². The Morgan fingerprint density at radius 3 is 1.45 bits per heavy atom. The van der Waals surface area contributed by atoms with E-state index in [-0.39, 0.29) is 24.5 Å². The monoisotopic (exact) mass is 1070 g/mol. The van der Waals surface area contributed by atoms with Crippen molar-refractivity contribution in [3.63, 3.8) is 0 Å². The lowest BCUT2D eigenvalue weighted by Gasteiger charge is -2.16. The predicted octanol–water partition coefficient (Wildman–Crippen LogP) is 15.7. The van der Waals surface area contributed by atoms with Crippen molar-refractivity contribution >= 4 is 86.6 Å². The average Bonchev–Trinajstić information content (AvgIpc) is 4.04. The molecule has 12 nitrogen and oxygen atoms in total. The molecule has 5 N–H and O–H groups in total. The summed E-state index contributed by atoms with van der Waals surface area (Å²) in [4.78, 5) is 53.5. The van der Waals surface area contributed by atoms with Crippen molar-refractivity contribution in [1.29, 1.82) is 0 Å². The Balaban J connectivity index is 0.777. The summed E-state index contributed by atoms with van der Waals surface area (Å²) in [6.45, 7) is -0.248. The highest BCUT2D eigenvalue weighted by atomic mass is 16.5. The minimum atomic E-state index is -0.322. The molecule has 13 rings (SSSR count). The number of H-pyrrole nitrogens is 2. The number of pyridine rings is 1. The van der Waals surface area contributed by atoms with Gasteiger partial charge in [-0.05, 0) is 144 Å². The van der Waals surface area contributed by atoms with Crippen molar-refractivity contribution in [3.8, 4) is 50.3 Å².